The van der Waals surface area contributed by atoms with Crippen molar-refractivity contribution < 1.29 is 5.11 Å². The Bertz CT molecular complexity index is 351. The molecule has 2 rings (SSSR count). The SMILES string of the molecule is CN1CCC[C@@](O)(c2ccc(Cl)cc2)CC1. The van der Waals surface area contributed by atoms with Gasteiger partial charge in [-0.05, 0) is 50.6 Å². The fourth-order valence-electron chi connectivity index (χ4n) is 2.30. The van der Waals surface area contributed by atoms with E-state index in [4.69, 9.17) is 11.6 Å². The van der Waals surface area contributed by atoms with Gasteiger partial charge >= 0.3 is 0 Å². The van der Waals surface area contributed by atoms with Gasteiger partial charge in [0.15, 0.2) is 0 Å². The zero-order valence-corrected chi connectivity index (χ0v) is 10.4. The van der Waals surface area contributed by atoms with Crippen LogP contribution in [-0.4, -0.2) is 30.1 Å². The van der Waals surface area contributed by atoms with E-state index in [1.54, 1.807) is 0 Å². The third-order valence-corrected chi connectivity index (χ3v) is 3.67. The van der Waals surface area contributed by atoms with Crippen LogP contribution >= 0.6 is 11.6 Å². The van der Waals surface area contributed by atoms with Crippen LogP contribution in [0.15, 0.2) is 24.3 Å². The van der Waals surface area contributed by atoms with Crippen molar-refractivity contribution in [3.63, 3.8) is 0 Å². The first-order valence-corrected chi connectivity index (χ1v) is 6.15. The lowest BCUT2D eigenvalue weighted by atomic mass is 9.87. The van der Waals surface area contributed by atoms with E-state index >= 15 is 0 Å². The van der Waals surface area contributed by atoms with Gasteiger partial charge in [-0.25, -0.2) is 0 Å². The van der Waals surface area contributed by atoms with Crippen LogP contribution < -0.4 is 0 Å². The molecule has 0 bridgehead atoms. The van der Waals surface area contributed by atoms with Crippen molar-refractivity contribution in [2.75, 3.05) is 20.1 Å². The first-order chi connectivity index (χ1) is 7.60. The van der Waals surface area contributed by atoms with Crippen LogP contribution in [0.25, 0.3) is 0 Å². The van der Waals surface area contributed by atoms with E-state index in [9.17, 15) is 5.11 Å². The second-order valence-corrected chi connectivity index (χ2v) is 5.13. The minimum Gasteiger partial charge on any atom is -0.385 e. The van der Waals surface area contributed by atoms with E-state index in [0.29, 0.717) is 0 Å². The summed E-state index contributed by atoms with van der Waals surface area (Å²) in [6.45, 7) is 2.01. The molecule has 1 aromatic rings. The number of likely N-dealkylation sites (tertiary alicyclic amines) is 1. The molecule has 0 spiro atoms. The molecule has 1 saturated heterocycles. The van der Waals surface area contributed by atoms with Crippen LogP contribution in [0.1, 0.15) is 24.8 Å². The predicted octanol–water partition coefficient (Wildman–Crippen LogP) is 2.64. The van der Waals surface area contributed by atoms with Crippen molar-refractivity contribution in [1.82, 2.24) is 4.90 Å². The third kappa shape index (κ3) is 2.57. The van der Waals surface area contributed by atoms with Crippen LogP contribution in [-0.2, 0) is 5.60 Å². The maximum absolute atomic E-state index is 10.7. The largest absolute Gasteiger partial charge is 0.385 e. The summed E-state index contributed by atoms with van der Waals surface area (Å²) in [4.78, 5) is 2.27. The summed E-state index contributed by atoms with van der Waals surface area (Å²) in [5, 5.41) is 11.4. The Balaban J connectivity index is 2.20. The maximum Gasteiger partial charge on any atom is 0.0909 e. The summed E-state index contributed by atoms with van der Waals surface area (Å²) in [7, 11) is 2.10. The molecule has 0 saturated carbocycles. The second kappa shape index (κ2) is 4.74. The third-order valence-electron chi connectivity index (χ3n) is 3.42. The summed E-state index contributed by atoms with van der Waals surface area (Å²) in [5.41, 5.74) is 0.321. The van der Waals surface area contributed by atoms with Gasteiger partial charge in [0.25, 0.3) is 0 Å². The maximum atomic E-state index is 10.7. The van der Waals surface area contributed by atoms with Crippen molar-refractivity contribution >= 4 is 11.6 Å². The summed E-state index contributed by atoms with van der Waals surface area (Å²) in [6, 6.07) is 7.58. The first kappa shape index (κ1) is 11.9. The lowest BCUT2D eigenvalue weighted by Gasteiger charge is -2.27. The highest BCUT2D eigenvalue weighted by molar-refractivity contribution is 6.30. The summed E-state index contributed by atoms with van der Waals surface area (Å²) < 4.78 is 0. The van der Waals surface area contributed by atoms with Crippen molar-refractivity contribution in [1.29, 1.82) is 0 Å². The topological polar surface area (TPSA) is 23.5 Å². The number of hydrogen-bond donors (Lipinski definition) is 1. The Hall–Kier alpha value is -0.570. The molecule has 2 nitrogen and oxygen atoms in total. The van der Waals surface area contributed by atoms with Gasteiger partial charge in [-0.1, -0.05) is 23.7 Å². The molecule has 0 aromatic heterocycles. The molecular weight excluding hydrogens is 222 g/mol. The van der Waals surface area contributed by atoms with Crippen LogP contribution in [0.3, 0.4) is 0 Å². The molecule has 1 fully saturated rings. The quantitative estimate of drug-likeness (QED) is 0.815. The van der Waals surface area contributed by atoms with Gasteiger partial charge in [0.2, 0.25) is 0 Å². The fourth-order valence-corrected chi connectivity index (χ4v) is 2.43. The van der Waals surface area contributed by atoms with Crippen molar-refractivity contribution in [2.45, 2.75) is 24.9 Å². The Kier molecular flexibility index (Phi) is 3.53. The molecule has 0 unspecified atom stereocenters. The lowest BCUT2D eigenvalue weighted by Crippen LogP contribution is -2.27. The first-order valence-electron chi connectivity index (χ1n) is 5.77. The molecule has 1 heterocycles. The number of halogens is 1. The van der Waals surface area contributed by atoms with Crippen LogP contribution in [0.4, 0.5) is 0 Å². The number of nitrogens with zero attached hydrogens (tertiary/aromatic N) is 1. The molecule has 16 heavy (non-hydrogen) atoms. The molecule has 0 amide bonds. The average molecular weight is 240 g/mol. The van der Waals surface area contributed by atoms with Gasteiger partial charge in [-0.15, -0.1) is 0 Å². The Morgan fingerprint density at radius 3 is 2.56 bits per heavy atom. The van der Waals surface area contributed by atoms with E-state index in [1.165, 1.54) is 0 Å². The molecule has 0 aliphatic carbocycles. The predicted molar refractivity (Wildman–Crippen MR) is 66.7 cm³/mol. The van der Waals surface area contributed by atoms with Crippen molar-refractivity contribution in [3.05, 3.63) is 34.9 Å². The fraction of sp³-hybridized carbons (Fsp3) is 0.538. The Morgan fingerprint density at radius 2 is 1.88 bits per heavy atom. The highest BCUT2D eigenvalue weighted by atomic mass is 35.5. The Morgan fingerprint density at radius 1 is 1.19 bits per heavy atom. The molecule has 0 radical (unpaired) electrons. The zero-order valence-electron chi connectivity index (χ0n) is 9.62. The molecule has 1 aromatic carbocycles. The lowest BCUT2D eigenvalue weighted by molar-refractivity contribution is 0.0218. The minimum absolute atomic E-state index is 0.671. The highest BCUT2D eigenvalue weighted by Gasteiger charge is 2.30. The minimum atomic E-state index is -0.671. The van der Waals surface area contributed by atoms with E-state index in [-0.39, 0.29) is 0 Å². The van der Waals surface area contributed by atoms with Crippen LogP contribution in [0.5, 0.6) is 0 Å². The van der Waals surface area contributed by atoms with Gasteiger partial charge in [-0.3, -0.25) is 0 Å². The van der Waals surface area contributed by atoms with Crippen LogP contribution in [0.2, 0.25) is 5.02 Å². The monoisotopic (exact) mass is 239 g/mol. The summed E-state index contributed by atoms with van der Waals surface area (Å²) in [6.07, 6.45) is 2.67. The molecule has 88 valence electrons. The molecular formula is C13H18ClNO. The number of hydrogen-bond acceptors (Lipinski definition) is 2. The van der Waals surface area contributed by atoms with Crippen molar-refractivity contribution in [2.24, 2.45) is 0 Å². The number of benzene rings is 1. The summed E-state index contributed by atoms with van der Waals surface area (Å²) >= 11 is 5.86. The molecule has 1 atom stereocenters. The molecule has 1 aliphatic heterocycles. The van der Waals surface area contributed by atoms with Gasteiger partial charge in [0.05, 0.1) is 5.60 Å². The van der Waals surface area contributed by atoms with E-state index in [1.807, 2.05) is 24.3 Å². The Labute approximate surface area is 102 Å². The average Bonchev–Trinajstić information content (AvgIpc) is 2.43. The highest BCUT2D eigenvalue weighted by Crippen LogP contribution is 2.32. The summed E-state index contributed by atoms with van der Waals surface area (Å²) in [5.74, 6) is 0. The molecule has 1 aliphatic rings. The van der Waals surface area contributed by atoms with E-state index < -0.39 is 5.60 Å². The number of rotatable bonds is 1. The smallest absolute Gasteiger partial charge is 0.0909 e. The zero-order chi connectivity index (χ0) is 11.6. The second-order valence-electron chi connectivity index (χ2n) is 4.70. The number of aliphatic hydroxyl groups is 1. The van der Waals surface area contributed by atoms with Gasteiger partial charge in [0.1, 0.15) is 0 Å². The normalized spacial score (nSPS) is 27.7. The van der Waals surface area contributed by atoms with Crippen molar-refractivity contribution in [3.8, 4) is 0 Å². The van der Waals surface area contributed by atoms with E-state index in [2.05, 4.69) is 11.9 Å². The standard InChI is InChI=1S/C13H18ClNO/c1-15-9-2-7-13(16,8-10-15)11-3-5-12(14)6-4-11/h3-6,16H,2,7-10H2,1H3/t13-/m0/s1. The molecule has 1 N–H and O–H groups in total. The van der Waals surface area contributed by atoms with Gasteiger partial charge in [-0.2, -0.15) is 0 Å². The van der Waals surface area contributed by atoms with Gasteiger partial charge in [0, 0.05) is 11.6 Å². The van der Waals surface area contributed by atoms with Crippen LogP contribution in [0, 0.1) is 0 Å². The molecule has 3 heteroatoms. The van der Waals surface area contributed by atoms with E-state index in [0.717, 1.165) is 42.9 Å². The van der Waals surface area contributed by atoms with Gasteiger partial charge < -0.3 is 10.0 Å².